The highest BCUT2D eigenvalue weighted by atomic mass is 32.2. The van der Waals surface area contributed by atoms with Gasteiger partial charge < -0.3 is 10.2 Å². The van der Waals surface area contributed by atoms with Crippen molar-refractivity contribution in [1.82, 2.24) is 10.2 Å². The molecule has 3 nitrogen and oxygen atoms in total. The minimum Gasteiger partial charge on any atom is -0.357 e. The molecule has 1 rings (SSSR count). The lowest BCUT2D eigenvalue weighted by atomic mass is 10.1. The van der Waals surface area contributed by atoms with E-state index in [1.54, 1.807) is 0 Å². The minimum absolute atomic E-state index is 0.693. The topological polar surface area (TPSA) is 27.6 Å². The average Bonchev–Trinajstić information content (AvgIpc) is 2.34. The molecular weight excluding hydrogens is 230 g/mol. The molecule has 0 aliphatic carbocycles. The van der Waals surface area contributed by atoms with Crippen molar-refractivity contribution >= 4 is 17.7 Å². The molecule has 1 fully saturated rings. The maximum absolute atomic E-state index is 4.55. The average molecular weight is 255 g/mol. The first-order valence-corrected chi connectivity index (χ1v) is 7.49. The monoisotopic (exact) mass is 255 g/mol. The second-order valence-corrected chi connectivity index (χ2v) is 5.93. The van der Waals surface area contributed by atoms with Crippen LogP contribution in [0.5, 0.6) is 0 Å². The highest BCUT2D eigenvalue weighted by Crippen LogP contribution is 2.24. The molecule has 1 aliphatic rings. The number of hydrogen-bond acceptors (Lipinski definition) is 2. The summed E-state index contributed by atoms with van der Waals surface area (Å²) in [7, 11) is 0. The van der Waals surface area contributed by atoms with Crippen molar-refractivity contribution in [1.29, 1.82) is 0 Å². The van der Waals surface area contributed by atoms with Crippen molar-refractivity contribution in [3.63, 3.8) is 0 Å². The number of guanidine groups is 1. The predicted molar refractivity (Wildman–Crippen MR) is 78.8 cm³/mol. The molecule has 1 N–H and O–H groups in total. The summed E-state index contributed by atoms with van der Waals surface area (Å²) in [5.41, 5.74) is 0. The molecule has 1 saturated heterocycles. The van der Waals surface area contributed by atoms with E-state index in [9.17, 15) is 0 Å². The quantitative estimate of drug-likeness (QED) is 0.474. The van der Waals surface area contributed by atoms with Gasteiger partial charge in [-0.3, -0.25) is 0 Å². The Morgan fingerprint density at radius 3 is 3.00 bits per heavy atom. The third kappa shape index (κ3) is 4.62. The van der Waals surface area contributed by atoms with Gasteiger partial charge in [0.2, 0.25) is 0 Å². The van der Waals surface area contributed by atoms with Crippen LogP contribution in [-0.4, -0.2) is 48.0 Å². The molecule has 1 atom stereocenters. The molecule has 17 heavy (non-hydrogen) atoms. The molecule has 0 saturated carbocycles. The van der Waals surface area contributed by atoms with E-state index in [0.717, 1.165) is 36.8 Å². The second kappa shape index (κ2) is 7.64. The number of nitrogens with zero attached hydrogens (tertiary/aromatic N) is 2. The second-order valence-electron chi connectivity index (χ2n) is 4.58. The highest BCUT2D eigenvalue weighted by Gasteiger charge is 2.24. The zero-order valence-corrected chi connectivity index (χ0v) is 12.1. The van der Waals surface area contributed by atoms with Gasteiger partial charge in [-0.1, -0.05) is 19.9 Å². The summed E-state index contributed by atoms with van der Waals surface area (Å²) in [5.74, 6) is 2.96. The van der Waals surface area contributed by atoms with Gasteiger partial charge in [-0.15, -0.1) is 6.58 Å². The summed E-state index contributed by atoms with van der Waals surface area (Å²) in [5, 5.41) is 4.08. The standard InChI is InChI=1S/C13H25N3S/c1-5-7-15-13(14-6-2)16-8-9-17-12(10-16)11(3)4/h5,11-12H,1,6-10H2,2-4H3,(H,14,15). The lowest BCUT2D eigenvalue weighted by molar-refractivity contribution is 0.381. The summed E-state index contributed by atoms with van der Waals surface area (Å²) in [6, 6.07) is 0. The molecule has 1 aliphatic heterocycles. The summed E-state index contributed by atoms with van der Waals surface area (Å²) in [6.07, 6.45) is 1.84. The molecule has 1 heterocycles. The van der Waals surface area contributed by atoms with Crippen LogP contribution in [0.15, 0.2) is 17.6 Å². The van der Waals surface area contributed by atoms with Crippen LogP contribution in [0.4, 0.5) is 0 Å². The molecule has 0 aromatic carbocycles. The highest BCUT2D eigenvalue weighted by molar-refractivity contribution is 8.00. The number of nitrogens with one attached hydrogen (secondary N) is 1. The summed E-state index contributed by atoms with van der Waals surface area (Å²) in [6.45, 7) is 14.2. The lowest BCUT2D eigenvalue weighted by Crippen LogP contribution is -2.49. The molecule has 1 unspecified atom stereocenters. The Morgan fingerprint density at radius 1 is 1.65 bits per heavy atom. The fourth-order valence-electron chi connectivity index (χ4n) is 1.85. The van der Waals surface area contributed by atoms with Crippen molar-refractivity contribution < 1.29 is 0 Å². The predicted octanol–water partition coefficient (Wildman–Crippen LogP) is 2.21. The molecule has 98 valence electrons. The zero-order chi connectivity index (χ0) is 12.7. The van der Waals surface area contributed by atoms with Crippen molar-refractivity contribution in [2.75, 3.05) is 31.9 Å². The fraction of sp³-hybridized carbons (Fsp3) is 0.769. The minimum atomic E-state index is 0.693. The van der Waals surface area contributed by atoms with Gasteiger partial charge >= 0.3 is 0 Å². The molecular formula is C13H25N3S. The zero-order valence-electron chi connectivity index (χ0n) is 11.3. The van der Waals surface area contributed by atoms with E-state index in [-0.39, 0.29) is 0 Å². The Bertz CT molecular complexity index is 263. The Labute approximate surface area is 110 Å². The van der Waals surface area contributed by atoms with Crippen molar-refractivity contribution in [2.45, 2.75) is 26.0 Å². The molecule has 0 radical (unpaired) electrons. The van der Waals surface area contributed by atoms with Gasteiger partial charge in [-0.25, -0.2) is 4.99 Å². The summed E-state index contributed by atoms with van der Waals surface area (Å²) >= 11 is 2.09. The Kier molecular flexibility index (Phi) is 6.48. The molecule has 0 spiro atoms. The third-order valence-electron chi connectivity index (χ3n) is 2.84. The Hall–Kier alpha value is -0.640. The van der Waals surface area contributed by atoms with Crippen LogP contribution in [0.3, 0.4) is 0 Å². The molecule has 0 bridgehead atoms. The Morgan fingerprint density at radius 2 is 2.41 bits per heavy atom. The number of aliphatic imine (C=N–C) groups is 1. The van der Waals surface area contributed by atoms with Gasteiger partial charge in [0.05, 0.1) is 6.54 Å². The largest absolute Gasteiger partial charge is 0.357 e. The van der Waals surface area contributed by atoms with Crippen molar-refractivity contribution in [2.24, 2.45) is 10.9 Å². The van der Waals surface area contributed by atoms with E-state index in [1.807, 2.05) is 6.08 Å². The van der Waals surface area contributed by atoms with E-state index in [4.69, 9.17) is 0 Å². The van der Waals surface area contributed by atoms with E-state index < -0.39 is 0 Å². The lowest BCUT2D eigenvalue weighted by Gasteiger charge is -2.36. The summed E-state index contributed by atoms with van der Waals surface area (Å²) in [4.78, 5) is 6.94. The van der Waals surface area contributed by atoms with Crippen LogP contribution >= 0.6 is 11.8 Å². The van der Waals surface area contributed by atoms with Crippen LogP contribution in [0.1, 0.15) is 20.8 Å². The molecule has 4 heteroatoms. The maximum atomic E-state index is 4.55. The maximum Gasteiger partial charge on any atom is 0.194 e. The number of rotatable bonds is 4. The van der Waals surface area contributed by atoms with Crippen LogP contribution in [0.2, 0.25) is 0 Å². The van der Waals surface area contributed by atoms with Gasteiger partial charge in [0.15, 0.2) is 5.96 Å². The van der Waals surface area contributed by atoms with Crippen molar-refractivity contribution in [3.05, 3.63) is 12.7 Å². The van der Waals surface area contributed by atoms with Crippen LogP contribution in [0.25, 0.3) is 0 Å². The van der Waals surface area contributed by atoms with Gasteiger partial charge in [-0.05, 0) is 12.8 Å². The van der Waals surface area contributed by atoms with Crippen LogP contribution in [0, 0.1) is 5.92 Å². The first kappa shape index (κ1) is 14.4. The molecule has 0 aromatic heterocycles. The van der Waals surface area contributed by atoms with Gasteiger partial charge in [0.1, 0.15) is 0 Å². The first-order chi connectivity index (χ1) is 8.19. The smallest absolute Gasteiger partial charge is 0.194 e. The molecule has 0 amide bonds. The molecule has 0 aromatic rings. The SMILES string of the molecule is C=CCN=C(NCC)N1CCSC(C(C)C)C1. The first-order valence-electron chi connectivity index (χ1n) is 6.44. The van der Waals surface area contributed by atoms with Gasteiger partial charge in [0.25, 0.3) is 0 Å². The normalized spacial score (nSPS) is 21.8. The fourth-order valence-corrected chi connectivity index (χ4v) is 3.15. The Balaban J connectivity index is 2.63. The van der Waals surface area contributed by atoms with Gasteiger partial charge in [-0.2, -0.15) is 11.8 Å². The number of thioether (sulfide) groups is 1. The van der Waals surface area contributed by atoms with Gasteiger partial charge in [0, 0.05) is 30.6 Å². The van der Waals surface area contributed by atoms with E-state index >= 15 is 0 Å². The van der Waals surface area contributed by atoms with Crippen LogP contribution in [-0.2, 0) is 0 Å². The summed E-state index contributed by atoms with van der Waals surface area (Å²) < 4.78 is 0. The number of hydrogen-bond donors (Lipinski definition) is 1. The third-order valence-corrected chi connectivity index (χ3v) is 4.38. The van der Waals surface area contributed by atoms with E-state index in [1.165, 1.54) is 5.75 Å². The van der Waals surface area contributed by atoms with Crippen molar-refractivity contribution in [3.8, 4) is 0 Å². The van der Waals surface area contributed by atoms with E-state index in [0.29, 0.717) is 6.54 Å². The van der Waals surface area contributed by atoms with Crippen LogP contribution < -0.4 is 5.32 Å². The van der Waals surface area contributed by atoms with E-state index in [2.05, 4.69) is 54.3 Å².